The van der Waals surface area contributed by atoms with E-state index in [4.69, 9.17) is 5.10 Å². The summed E-state index contributed by atoms with van der Waals surface area (Å²) >= 11 is 0. The maximum atomic E-state index is 12.6. The molecule has 0 spiro atoms. The van der Waals surface area contributed by atoms with Crippen LogP contribution in [-0.2, 0) is 43.9 Å². The third kappa shape index (κ3) is 3.63. The average molecular weight is 564 g/mol. The predicted octanol–water partition coefficient (Wildman–Crippen LogP) is 4.84. The summed E-state index contributed by atoms with van der Waals surface area (Å²) in [4.78, 5) is 12.6. The van der Waals surface area contributed by atoms with Gasteiger partial charge in [-0.25, -0.2) is 0 Å². The number of carbonyl (C=O) groups excluding carboxylic acids is 1. The molecule has 0 aliphatic heterocycles. The van der Waals surface area contributed by atoms with E-state index < -0.39 is 17.1 Å². The number of rotatable bonds is 2. The van der Waals surface area contributed by atoms with Gasteiger partial charge in [0.25, 0.3) is 0 Å². The van der Waals surface area contributed by atoms with Gasteiger partial charge in [-0.2, -0.15) is 29.4 Å². The molecule has 0 unspecified atom stereocenters. The summed E-state index contributed by atoms with van der Waals surface area (Å²) in [6, 6.07) is 11.0. The smallest absolute Gasteiger partial charge is 0.161 e. The fourth-order valence-electron chi connectivity index (χ4n) is 8.87. The summed E-state index contributed by atoms with van der Waals surface area (Å²) in [6.07, 6.45) is 7.57. The summed E-state index contributed by atoms with van der Waals surface area (Å²) in [7, 11) is 0. The molecule has 3 saturated carbocycles. The van der Waals surface area contributed by atoms with E-state index in [9.17, 15) is 15.0 Å². The maximum absolute atomic E-state index is 12.6. The van der Waals surface area contributed by atoms with Gasteiger partial charge in [0.1, 0.15) is 5.60 Å². The average Bonchev–Trinajstić information content (AvgIpc) is 3.31. The van der Waals surface area contributed by atoms with Crippen LogP contribution in [0.1, 0.15) is 64.6 Å². The minimum absolute atomic E-state index is 0. The number of aromatic nitrogens is 2. The summed E-state index contributed by atoms with van der Waals surface area (Å²) < 4.78 is 1.94. The van der Waals surface area contributed by atoms with Gasteiger partial charge < -0.3 is 17.6 Å². The van der Waals surface area contributed by atoms with E-state index in [0.29, 0.717) is 24.7 Å². The normalized spacial score (nSPS) is 40.4. The van der Waals surface area contributed by atoms with Crippen molar-refractivity contribution in [2.45, 2.75) is 71.5 Å². The molecule has 4 aliphatic carbocycles. The van der Waals surface area contributed by atoms with Gasteiger partial charge in [0.05, 0.1) is 11.8 Å². The maximum Gasteiger partial charge on any atom is 0.161 e. The van der Waals surface area contributed by atoms with Gasteiger partial charge in [0.2, 0.25) is 0 Å². The Morgan fingerprint density at radius 2 is 2.06 bits per heavy atom. The fourth-order valence-corrected chi connectivity index (χ4v) is 8.87. The standard InChI is InChI=1S/C29H35N2O3.CH3.Y/c1-17-12-21-22-10-11-29(34,18(2)32)28(22,4)15-25(33)26(21)27(3)14-19-16-31(20-8-6-5-7-9-20)30-24(19)13-23(17)27;;/h5-6,8-9,13,16-17,21-22,25-26,33-34H,10-12,14-15H2,1-4H3;1H3;/q2*-1;/t17-,21-,22-,25-,26+,27-,28-,29-;;/m0../s1. The van der Waals surface area contributed by atoms with Crippen LogP contribution in [0.2, 0.25) is 0 Å². The van der Waals surface area contributed by atoms with Crippen molar-refractivity contribution in [2.24, 2.45) is 34.5 Å². The molecule has 5 nitrogen and oxygen atoms in total. The van der Waals surface area contributed by atoms with Crippen molar-refractivity contribution in [3.63, 3.8) is 0 Å². The van der Waals surface area contributed by atoms with Gasteiger partial charge in [-0.15, -0.1) is 6.07 Å². The van der Waals surface area contributed by atoms with Crippen LogP contribution in [0.5, 0.6) is 0 Å². The molecule has 2 N–H and O–H groups in total. The largest absolute Gasteiger partial charge is 0.393 e. The second kappa shape index (κ2) is 9.25. The number of ketones is 1. The van der Waals surface area contributed by atoms with Gasteiger partial charge in [0.15, 0.2) is 5.78 Å². The minimum atomic E-state index is -1.32. The number of hydrogen-bond donors (Lipinski definition) is 2. The first-order valence-electron chi connectivity index (χ1n) is 12.8. The molecule has 0 amide bonds. The third-order valence-electron chi connectivity index (χ3n) is 10.4. The van der Waals surface area contributed by atoms with E-state index in [0.717, 1.165) is 30.6 Å². The molecule has 6 rings (SSSR count). The van der Waals surface area contributed by atoms with Crippen LogP contribution in [0, 0.1) is 48.0 Å². The molecule has 1 heterocycles. The molecule has 4 aliphatic rings. The van der Waals surface area contributed by atoms with Gasteiger partial charge in [-0.1, -0.05) is 26.3 Å². The summed E-state index contributed by atoms with van der Waals surface area (Å²) in [6.45, 7) is 8.21. The molecule has 1 radical (unpaired) electrons. The van der Waals surface area contributed by atoms with Crippen LogP contribution in [0.3, 0.4) is 0 Å². The molecule has 3 fully saturated rings. The third-order valence-corrected chi connectivity index (χ3v) is 10.4. The van der Waals surface area contributed by atoms with Crippen LogP contribution in [0.15, 0.2) is 36.0 Å². The summed E-state index contributed by atoms with van der Waals surface area (Å²) in [5.74, 6) is 0.880. The first-order valence-corrected chi connectivity index (χ1v) is 12.8. The van der Waals surface area contributed by atoms with Gasteiger partial charge in [0, 0.05) is 44.3 Å². The quantitative estimate of drug-likeness (QED) is 0.513. The second-order valence-electron chi connectivity index (χ2n) is 12.0. The van der Waals surface area contributed by atoms with E-state index in [1.54, 1.807) is 0 Å². The number of Topliss-reactive ketones (excluding diaryl/α,β-unsaturated/α-hetero) is 1. The number of allylic oxidation sites excluding steroid dienone is 1. The first-order chi connectivity index (χ1) is 16.1. The molecule has 36 heavy (non-hydrogen) atoms. The molecular weight excluding hydrogens is 525 g/mol. The van der Waals surface area contributed by atoms with Gasteiger partial charge in [-0.3, -0.25) is 9.48 Å². The van der Waals surface area contributed by atoms with Crippen molar-refractivity contribution in [3.8, 4) is 5.69 Å². The molecule has 6 heteroatoms. The SMILES string of the molecule is CC(=O)[C@@]1(O)CC[C@H]2[C@@H]3C[C@H](C)C4=Cc5nn(-c6c[c-]ccc6)cc5C[C@]4(C)[C@H]3[C@@H](O)C[C@@]21C.[CH3-].[Y]. The summed E-state index contributed by atoms with van der Waals surface area (Å²) in [5, 5.41) is 28.0. The molecule has 0 saturated heterocycles. The number of hydrogen-bond acceptors (Lipinski definition) is 4. The van der Waals surface area contributed by atoms with Crippen molar-refractivity contribution in [1.29, 1.82) is 0 Å². The Hall–Kier alpha value is -1.14. The van der Waals surface area contributed by atoms with Crippen LogP contribution >= 0.6 is 0 Å². The molecule has 1 aromatic carbocycles. The predicted molar refractivity (Wildman–Crippen MR) is 136 cm³/mol. The molecule has 8 atom stereocenters. The first kappa shape index (κ1) is 27.9. The Bertz CT molecular complexity index is 1190. The zero-order valence-electron chi connectivity index (χ0n) is 22.2. The van der Waals surface area contributed by atoms with Gasteiger partial charge >= 0.3 is 0 Å². The van der Waals surface area contributed by atoms with Crippen LogP contribution in [0.4, 0.5) is 0 Å². The van der Waals surface area contributed by atoms with Crippen molar-refractivity contribution < 1.29 is 47.7 Å². The fraction of sp³-hybridized carbons (Fsp3) is 0.567. The topological polar surface area (TPSA) is 75.3 Å². The van der Waals surface area contributed by atoms with Crippen LogP contribution in [0.25, 0.3) is 11.8 Å². The van der Waals surface area contributed by atoms with E-state index in [-0.39, 0.29) is 63.2 Å². The number of benzene rings is 1. The van der Waals surface area contributed by atoms with E-state index in [1.165, 1.54) is 18.1 Å². The minimum Gasteiger partial charge on any atom is -0.393 e. The molecular formula is C30H38N2O3Y-2. The second-order valence-corrected chi connectivity index (χ2v) is 12.0. The number of nitrogens with zero attached hydrogens (tertiary/aromatic N) is 2. The Morgan fingerprint density at radius 3 is 2.72 bits per heavy atom. The number of aliphatic hydroxyl groups is 2. The Kier molecular flexibility index (Phi) is 7.17. The zero-order chi connectivity index (χ0) is 24.0. The molecule has 2 aromatic rings. The Balaban J connectivity index is 0.00000152. The molecule has 1 aromatic heterocycles. The van der Waals surface area contributed by atoms with E-state index in [2.05, 4.69) is 39.1 Å². The van der Waals surface area contributed by atoms with Crippen molar-refractivity contribution >= 4 is 11.9 Å². The summed E-state index contributed by atoms with van der Waals surface area (Å²) in [5.41, 5.74) is 2.59. The van der Waals surface area contributed by atoms with Crippen molar-refractivity contribution in [3.05, 3.63) is 60.8 Å². The zero-order valence-corrected chi connectivity index (χ0v) is 25.0. The van der Waals surface area contributed by atoms with Gasteiger partial charge in [-0.05, 0) is 85.4 Å². The number of aliphatic hydroxyl groups excluding tert-OH is 1. The number of carbonyl (C=O) groups is 1. The molecule has 191 valence electrons. The number of fused-ring (bicyclic) bond motifs is 6. The van der Waals surface area contributed by atoms with Crippen molar-refractivity contribution in [1.82, 2.24) is 9.78 Å². The molecule has 0 bridgehead atoms. The monoisotopic (exact) mass is 563 g/mol. The van der Waals surface area contributed by atoms with E-state index >= 15 is 0 Å². The van der Waals surface area contributed by atoms with E-state index in [1.807, 2.05) is 28.9 Å². The van der Waals surface area contributed by atoms with Crippen LogP contribution < -0.4 is 0 Å². The van der Waals surface area contributed by atoms with Crippen molar-refractivity contribution in [2.75, 3.05) is 0 Å². The van der Waals surface area contributed by atoms with Crippen LogP contribution in [-0.4, -0.2) is 37.5 Å². The Morgan fingerprint density at radius 1 is 1.31 bits per heavy atom. The Labute approximate surface area is 240 Å².